The minimum atomic E-state index is 0.491. The van der Waals surface area contributed by atoms with Crippen molar-refractivity contribution in [3.8, 4) is 22.4 Å². The molecule has 0 aliphatic heterocycles. The fraction of sp³-hybridized carbons (Fsp3) is 0.0952. The van der Waals surface area contributed by atoms with E-state index >= 15 is 0 Å². The molecular weight excluding hydrogens is 308 g/mol. The zero-order valence-corrected chi connectivity index (χ0v) is 14.0. The number of aryl methyl sites for hydroxylation is 1. The Bertz CT molecular complexity index is 1060. The molecule has 0 unspecified atom stereocenters. The first kappa shape index (κ1) is 15.3. The predicted octanol–water partition coefficient (Wildman–Crippen LogP) is 4.50. The van der Waals surface area contributed by atoms with Gasteiger partial charge in [-0.2, -0.15) is 0 Å². The molecule has 0 saturated carbocycles. The van der Waals surface area contributed by atoms with Crippen LogP contribution in [0.15, 0.2) is 67.1 Å². The van der Waals surface area contributed by atoms with Crippen molar-refractivity contribution in [1.82, 2.24) is 15.0 Å². The number of hydrogen-bond donors (Lipinski definition) is 1. The Balaban J connectivity index is 1.90. The summed E-state index contributed by atoms with van der Waals surface area (Å²) in [5, 5.41) is 0.858. The van der Waals surface area contributed by atoms with Crippen molar-refractivity contribution in [2.24, 2.45) is 0 Å². The molecule has 2 heterocycles. The molecule has 2 aromatic carbocycles. The van der Waals surface area contributed by atoms with Crippen LogP contribution in [0.25, 0.3) is 33.3 Å². The van der Waals surface area contributed by atoms with Crippen LogP contribution < -0.4 is 5.73 Å². The number of pyridine rings is 1. The van der Waals surface area contributed by atoms with E-state index in [2.05, 4.69) is 58.3 Å². The summed E-state index contributed by atoms with van der Waals surface area (Å²) >= 11 is 0. The van der Waals surface area contributed by atoms with Gasteiger partial charge in [-0.15, -0.1) is 0 Å². The van der Waals surface area contributed by atoms with Gasteiger partial charge in [-0.25, -0.2) is 9.97 Å². The molecule has 4 aromatic rings. The Morgan fingerprint density at radius 3 is 2.68 bits per heavy atom. The largest absolute Gasteiger partial charge is 0.383 e. The normalized spacial score (nSPS) is 10.9. The van der Waals surface area contributed by atoms with E-state index < -0.39 is 0 Å². The second-order valence-corrected chi connectivity index (χ2v) is 5.94. The van der Waals surface area contributed by atoms with Gasteiger partial charge in [0.2, 0.25) is 0 Å². The lowest BCUT2D eigenvalue weighted by molar-refractivity contribution is 1.14. The smallest absolute Gasteiger partial charge is 0.134 e. The summed E-state index contributed by atoms with van der Waals surface area (Å²) in [6, 6.07) is 18.6. The van der Waals surface area contributed by atoms with Crippen molar-refractivity contribution >= 4 is 16.7 Å². The predicted molar refractivity (Wildman–Crippen MR) is 102 cm³/mol. The highest BCUT2D eigenvalue weighted by Gasteiger charge is 2.11. The summed E-state index contributed by atoms with van der Waals surface area (Å²) in [5.41, 5.74) is 12.4. The average Bonchev–Trinajstić information content (AvgIpc) is 2.68. The van der Waals surface area contributed by atoms with Crippen molar-refractivity contribution < 1.29 is 0 Å². The third-order valence-corrected chi connectivity index (χ3v) is 4.39. The van der Waals surface area contributed by atoms with Crippen LogP contribution in [0.4, 0.5) is 5.82 Å². The Kier molecular flexibility index (Phi) is 3.86. The molecule has 2 N–H and O–H groups in total. The van der Waals surface area contributed by atoms with Crippen molar-refractivity contribution in [3.63, 3.8) is 0 Å². The summed E-state index contributed by atoms with van der Waals surface area (Å²) < 4.78 is 0. The van der Waals surface area contributed by atoms with Crippen LogP contribution in [0.2, 0.25) is 0 Å². The van der Waals surface area contributed by atoms with E-state index in [1.807, 2.05) is 24.4 Å². The number of hydrogen-bond acceptors (Lipinski definition) is 4. The maximum Gasteiger partial charge on any atom is 0.134 e. The van der Waals surface area contributed by atoms with E-state index in [1.54, 1.807) is 0 Å². The van der Waals surface area contributed by atoms with Crippen LogP contribution in [0.5, 0.6) is 0 Å². The third-order valence-electron chi connectivity index (χ3n) is 4.39. The van der Waals surface area contributed by atoms with Gasteiger partial charge < -0.3 is 5.73 Å². The van der Waals surface area contributed by atoms with Gasteiger partial charge in [0.25, 0.3) is 0 Å². The summed E-state index contributed by atoms with van der Waals surface area (Å²) in [6.07, 6.45) is 4.32. The first-order chi connectivity index (χ1) is 12.3. The lowest BCUT2D eigenvalue weighted by Crippen LogP contribution is -1.94. The number of nitrogen functional groups attached to an aromatic ring is 1. The third kappa shape index (κ3) is 2.83. The molecule has 4 nitrogen and oxygen atoms in total. The number of fused-ring (bicyclic) bond motifs is 1. The van der Waals surface area contributed by atoms with E-state index in [0.717, 1.165) is 39.7 Å². The SMILES string of the molecule is CCc1cccc(-c2ncccc2-c2ccc3ncnc(N)c3c2)c1. The van der Waals surface area contributed by atoms with E-state index in [0.29, 0.717) is 5.82 Å². The summed E-state index contributed by atoms with van der Waals surface area (Å²) in [4.78, 5) is 13.0. The molecule has 0 fully saturated rings. The molecule has 122 valence electrons. The highest BCUT2D eigenvalue weighted by atomic mass is 14.9. The van der Waals surface area contributed by atoms with Crippen LogP contribution in [0, 0.1) is 0 Å². The molecule has 2 aromatic heterocycles. The number of rotatable bonds is 3. The van der Waals surface area contributed by atoms with E-state index in [4.69, 9.17) is 5.73 Å². The Morgan fingerprint density at radius 2 is 1.80 bits per heavy atom. The average molecular weight is 326 g/mol. The van der Waals surface area contributed by atoms with E-state index in [-0.39, 0.29) is 0 Å². The van der Waals surface area contributed by atoms with Crippen molar-refractivity contribution in [2.75, 3.05) is 5.73 Å². The van der Waals surface area contributed by atoms with Gasteiger partial charge in [-0.05, 0) is 41.8 Å². The van der Waals surface area contributed by atoms with Crippen molar-refractivity contribution in [3.05, 3.63) is 72.7 Å². The van der Waals surface area contributed by atoms with E-state index in [1.165, 1.54) is 11.9 Å². The van der Waals surface area contributed by atoms with Gasteiger partial charge in [0.15, 0.2) is 0 Å². The number of nitrogens with zero attached hydrogens (tertiary/aromatic N) is 3. The Morgan fingerprint density at radius 1 is 0.880 bits per heavy atom. The summed E-state index contributed by atoms with van der Waals surface area (Å²) in [6.45, 7) is 2.16. The maximum atomic E-state index is 6.02. The topological polar surface area (TPSA) is 64.7 Å². The molecular formula is C21H18N4. The highest BCUT2D eigenvalue weighted by molar-refractivity contribution is 5.93. The number of aromatic nitrogens is 3. The first-order valence-electron chi connectivity index (χ1n) is 8.31. The summed E-state index contributed by atoms with van der Waals surface area (Å²) in [5.74, 6) is 0.491. The van der Waals surface area contributed by atoms with Crippen LogP contribution in [0.3, 0.4) is 0 Å². The molecule has 4 rings (SSSR count). The minimum absolute atomic E-state index is 0.491. The van der Waals surface area contributed by atoms with E-state index in [9.17, 15) is 0 Å². The van der Waals surface area contributed by atoms with Gasteiger partial charge >= 0.3 is 0 Å². The molecule has 0 radical (unpaired) electrons. The lowest BCUT2D eigenvalue weighted by atomic mass is 9.97. The fourth-order valence-corrected chi connectivity index (χ4v) is 3.05. The zero-order chi connectivity index (χ0) is 17.2. The number of anilines is 1. The summed E-state index contributed by atoms with van der Waals surface area (Å²) in [7, 11) is 0. The second-order valence-electron chi connectivity index (χ2n) is 5.94. The fourth-order valence-electron chi connectivity index (χ4n) is 3.05. The van der Waals surface area contributed by atoms with Crippen LogP contribution in [-0.2, 0) is 6.42 Å². The van der Waals surface area contributed by atoms with Gasteiger partial charge in [0.1, 0.15) is 12.1 Å². The monoisotopic (exact) mass is 326 g/mol. The first-order valence-corrected chi connectivity index (χ1v) is 8.31. The molecule has 25 heavy (non-hydrogen) atoms. The zero-order valence-electron chi connectivity index (χ0n) is 14.0. The molecule has 0 atom stereocenters. The van der Waals surface area contributed by atoms with Crippen LogP contribution in [0.1, 0.15) is 12.5 Å². The molecule has 0 saturated heterocycles. The van der Waals surface area contributed by atoms with Gasteiger partial charge in [-0.3, -0.25) is 4.98 Å². The molecule has 4 heteroatoms. The molecule has 0 aliphatic rings. The van der Waals surface area contributed by atoms with Gasteiger partial charge in [0.05, 0.1) is 11.2 Å². The second kappa shape index (κ2) is 6.32. The Labute approximate surface area is 146 Å². The van der Waals surface area contributed by atoms with Gasteiger partial charge in [0, 0.05) is 22.7 Å². The molecule has 0 bridgehead atoms. The quantitative estimate of drug-likeness (QED) is 0.602. The van der Waals surface area contributed by atoms with Gasteiger partial charge in [-0.1, -0.05) is 37.3 Å². The minimum Gasteiger partial charge on any atom is -0.383 e. The standard InChI is InChI=1S/C21H18N4/c1-2-14-5-3-6-16(11-14)20-17(7-4-10-23-20)15-8-9-19-18(12-15)21(22)25-13-24-19/h3-13H,2H2,1H3,(H2,22,24,25). The lowest BCUT2D eigenvalue weighted by Gasteiger charge is -2.11. The molecule has 0 amide bonds. The number of nitrogens with two attached hydrogens (primary N) is 1. The maximum absolute atomic E-state index is 6.02. The van der Waals surface area contributed by atoms with Crippen molar-refractivity contribution in [1.29, 1.82) is 0 Å². The van der Waals surface area contributed by atoms with Crippen LogP contribution in [-0.4, -0.2) is 15.0 Å². The van der Waals surface area contributed by atoms with Crippen LogP contribution >= 0.6 is 0 Å². The van der Waals surface area contributed by atoms with Crippen molar-refractivity contribution in [2.45, 2.75) is 13.3 Å². The highest BCUT2D eigenvalue weighted by Crippen LogP contribution is 2.32. The molecule has 0 aliphatic carbocycles. The Hall–Kier alpha value is -3.27. The molecule has 0 spiro atoms. The number of benzene rings is 2.